The van der Waals surface area contributed by atoms with E-state index < -0.39 is 16.9 Å². The lowest BCUT2D eigenvalue weighted by Gasteiger charge is -2.35. The Morgan fingerprint density at radius 3 is 2.56 bits per heavy atom. The monoisotopic (exact) mass is 503 g/mol. The van der Waals surface area contributed by atoms with Crippen LogP contribution in [0.2, 0.25) is 0 Å². The van der Waals surface area contributed by atoms with Crippen LogP contribution in [-0.4, -0.2) is 52.1 Å². The van der Waals surface area contributed by atoms with Crippen molar-refractivity contribution in [1.29, 1.82) is 0 Å². The van der Waals surface area contributed by atoms with Crippen molar-refractivity contribution in [1.82, 2.24) is 0 Å². The molecule has 0 aliphatic carbocycles. The van der Waals surface area contributed by atoms with Crippen molar-refractivity contribution in [3.8, 4) is 11.5 Å². The number of hydrogen-bond donors (Lipinski definition) is 1. The van der Waals surface area contributed by atoms with E-state index in [9.17, 15) is 14.1 Å². The number of rotatable bonds is 7. The van der Waals surface area contributed by atoms with Gasteiger partial charge in [-0.3, -0.25) is 14.0 Å². The van der Waals surface area contributed by atoms with Gasteiger partial charge in [0.15, 0.2) is 17.3 Å². The van der Waals surface area contributed by atoms with Crippen LogP contribution in [0.5, 0.6) is 11.5 Å². The van der Waals surface area contributed by atoms with Gasteiger partial charge in [-0.25, -0.2) is 0 Å². The Hall–Kier alpha value is -3.29. The number of methoxy groups -OCH3 is 1. The van der Waals surface area contributed by atoms with Crippen LogP contribution in [0.4, 0.5) is 0 Å². The summed E-state index contributed by atoms with van der Waals surface area (Å²) in [4.78, 5) is 18.0. The summed E-state index contributed by atoms with van der Waals surface area (Å²) in [6.07, 6.45) is -0.453. The fraction of sp³-hybridized carbons (Fsp3) is 0.310. The van der Waals surface area contributed by atoms with Crippen LogP contribution in [-0.2, 0) is 10.8 Å². The first-order valence-electron chi connectivity index (χ1n) is 12.2. The highest BCUT2D eigenvalue weighted by atomic mass is 32.2. The molecule has 186 valence electrons. The number of carbonyl (C=O) groups excluding carboxylic acids is 1. The first-order chi connectivity index (χ1) is 17.5. The van der Waals surface area contributed by atoms with Gasteiger partial charge in [-0.1, -0.05) is 54.6 Å². The molecule has 0 aromatic heterocycles. The molecule has 0 bridgehead atoms. The van der Waals surface area contributed by atoms with Gasteiger partial charge in [0.2, 0.25) is 0 Å². The fourth-order valence-electron chi connectivity index (χ4n) is 5.02. The van der Waals surface area contributed by atoms with E-state index in [1.807, 2.05) is 37.3 Å². The van der Waals surface area contributed by atoms with E-state index in [1.165, 1.54) is 0 Å². The van der Waals surface area contributed by atoms with Crippen molar-refractivity contribution >= 4 is 22.3 Å². The number of nitrogens with zero attached hydrogens (tertiary/aromatic N) is 1. The van der Waals surface area contributed by atoms with Gasteiger partial charge in [-0.15, -0.1) is 0 Å². The molecule has 1 saturated heterocycles. The minimum absolute atomic E-state index is 0.0364. The normalized spacial score (nSPS) is 21.5. The third-order valence-electron chi connectivity index (χ3n) is 6.86. The first-order valence-corrected chi connectivity index (χ1v) is 13.6. The Morgan fingerprint density at radius 1 is 1.11 bits per heavy atom. The van der Waals surface area contributed by atoms with Gasteiger partial charge in [0.1, 0.15) is 6.10 Å². The number of carbonyl (C=O) groups is 1. The Bertz CT molecular complexity index is 1320. The van der Waals surface area contributed by atoms with Gasteiger partial charge < -0.3 is 14.6 Å². The third-order valence-corrected chi connectivity index (χ3v) is 8.28. The molecule has 2 aliphatic heterocycles. The van der Waals surface area contributed by atoms with E-state index in [-0.39, 0.29) is 17.7 Å². The summed E-state index contributed by atoms with van der Waals surface area (Å²) in [6, 6.07) is 20.1. The van der Waals surface area contributed by atoms with Crippen molar-refractivity contribution in [2.24, 2.45) is 4.99 Å². The predicted octanol–water partition coefficient (Wildman–Crippen LogP) is 4.47. The van der Waals surface area contributed by atoms with E-state index in [4.69, 9.17) is 14.5 Å². The van der Waals surface area contributed by atoms with E-state index >= 15 is 0 Å². The number of fused-ring (bicyclic) bond motifs is 3. The van der Waals surface area contributed by atoms with Crippen LogP contribution >= 0.6 is 0 Å². The van der Waals surface area contributed by atoms with Crippen LogP contribution in [0, 0.1) is 0 Å². The average Bonchev–Trinajstić information content (AvgIpc) is 2.92. The summed E-state index contributed by atoms with van der Waals surface area (Å²) in [5, 5.41) is 10.5. The molecular weight excluding hydrogens is 474 g/mol. The number of aliphatic hydroxyl groups excluding tert-OH is 1. The molecule has 2 aliphatic rings. The molecule has 1 unspecified atom stereocenters. The zero-order chi connectivity index (χ0) is 25.2. The van der Waals surface area contributed by atoms with Crippen LogP contribution in [0.15, 0.2) is 71.7 Å². The van der Waals surface area contributed by atoms with Crippen LogP contribution < -0.4 is 9.47 Å². The van der Waals surface area contributed by atoms with Crippen molar-refractivity contribution in [2.45, 2.75) is 31.4 Å². The standard InChI is InChI=1S/C29H29NO5S/c1-3-35-26-15-21-22(16-25(26)34-2)27(30-24-13-14-36(33)17-23(21)24)18-9-11-20(12-10-18)29(32)28(31)19-7-5-4-6-8-19/h4-12,15-16,23-24,28,31H,3,13-14,17H2,1-2H3/t23-,24-,28?,36-/m1/s1. The maximum atomic E-state index is 12.9. The molecule has 0 radical (unpaired) electrons. The number of ketones is 1. The summed E-state index contributed by atoms with van der Waals surface area (Å²) >= 11 is 0. The zero-order valence-electron chi connectivity index (χ0n) is 20.3. The summed E-state index contributed by atoms with van der Waals surface area (Å²) in [5.74, 6) is 2.23. The van der Waals surface area contributed by atoms with Crippen molar-refractivity contribution < 1.29 is 23.6 Å². The highest BCUT2D eigenvalue weighted by Crippen LogP contribution is 2.42. The molecule has 1 N–H and O–H groups in total. The Balaban J connectivity index is 1.52. The number of ether oxygens (including phenoxy) is 2. The van der Waals surface area contributed by atoms with Crippen molar-refractivity contribution in [3.05, 3.63) is 94.5 Å². The van der Waals surface area contributed by atoms with Gasteiger partial charge in [-0.2, -0.15) is 0 Å². The van der Waals surface area contributed by atoms with E-state index in [1.54, 1.807) is 43.5 Å². The highest BCUT2D eigenvalue weighted by molar-refractivity contribution is 7.85. The second kappa shape index (κ2) is 10.4. The lowest BCUT2D eigenvalue weighted by atomic mass is 9.81. The maximum Gasteiger partial charge on any atom is 0.195 e. The SMILES string of the molecule is CCOc1cc2c(cc1OC)C(c1ccc(C(=O)C(O)c3ccccc3)cc1)=N[C@@H]1CC[S@@](=O)C[C@H]21. The lowest BCUT2D eigenvalue weighted by molar-refractivity contribution is 0.0747. The first kappa shape index (κ1) is 24.4. The van der Waals surface area contributed by atoms with Gasteiger partial charge in [-0.05, 0) is 36.6 Å². The Kier molecular flexibility index (Phi) is 7.03. The highest BCUT2D eigenvalue weighted by Gasteiger charge is 2.37. The number of benzene rings is 3. The molecular formula is C29H29NO5S. The molecule has 7 heteroatoms. The average molecular weight is 504 g/mol. The van der Waals surface area contributed by atoms with Crippen LogP contribution in [0.3, 0.4) is 0 Å². The summed E-state index contributed by atoms with van der Waals surface area (Å²) < 4.78 is 23.9. The second-order valence-corrected chi connectivity index (χ2v) is 10.7. The molecule has 0 spiro atoms. The van der Waals surface area contributed by atoms with Gasteiger partial charge in [0.05, 0.1) is 25.5 Å². The molecule has 6 nitrogen and oxygen atoms in total. The summed E-state index contributed by atoms with van der Waals surface area (Å²) in [7, 11) is 0.742. The number of aliphatic imine (C=N–C) groups is 1. The quantitative estimate of drug-likeness (QED) is 0.481. The minimum atomic E-state index is -1.21. The molecule has 0 amide bonds. The molecule has 1 fully saturated rings. The molecule has 2 heterocycles. The Morgan fingerprint density at radius 2 is 1.86 bits per heavy atom. The number of hydrogen-bond acceptors (Lipinski definition) is 6. The topological polar surface area (TPSA) is 85.2 Å². The minimum Gasteiger partial charge on any atom is -0.493 e. The zero-order valence-corrected chi connectivity index (χ0v) is 21.2. The van der Waals surface area contributed by atoms with Crippen molar-refractivity contribution in [3.63, 3.8) is 0 Å². The van der Waals surface area contributed by atoms with E-state index in [0.717, 1.165) is 28.8 Å². The van der Waals surface area contributed by atoms with Crippen LogP contribution in [0.1, 0.15) is 58.0 Å². The summed E-state index contributed by atoms with van der Waals surface area (Å²) in [6.45, 7) is 2.45. The van der Waals surface area contributed by atoms with Crippen LogP contribution in [0.25, 0.3) is 0 Å². The maximum absolute atomic E-state index is 12.9. The number of aliphatic hydroxyl groups is 1. The van der Waals surface area contributed by atoms with Gasteiger partial charge in [0.25, 0.3) is 0 Å². The fourth-order valence-corrected chi connectivity index (χ4v) is 6.49. The van der Waals surface area contributed by atoms with Gasteiger partial charge in [0, 0.05) is 44.9 Å². The van der Waals surface area contributed by atoms with E-state index in [2.05, 4.69) is 0 Å². The third kappa shape index (κ3) is 4.61. The summed E-state index contributed by atoms with van der Waals surface area (Å²) in [5.41, 5.74) is 4.69. The molecule has 0 saturated carbocycles. The molecule has 5 rings (SSSR count). The predicted molar refractivity (Wildman–Crippen MR) is 141 cm³/mol. The molecule has 4 atom stereocenters. The molecule has 36 heavy (non-hydrogen) atoms. The number of Topliss-reactive ketones (excluding diaryl/α,β-unsaturated/α-hetero) is 1. The molecule has 3 aromatic carbocycles. The Labute approximate surface area is 213 Å². The van der Waals surface area contributed by atoms with Gasteiger partial charge >= 0.3 is 0 Å². The van der Waals surface area contributed by atoms with E-state index in [0.29, 0.717) is 40.7 Å². The lowest BCUT2D eigenvalue weighted by Crippen LogP contribution is -2.35. The van der Waals surface area contributed by atoms with Crippen molar-refractivity contribution in [2.75, 3.05) is 25.2 Å². The smallest absolute Gasteiger partial charge is 0.195 e. The second-order valence-electron chi connectivity index (χ2n) is 9.03. The molecule has 3 aromatic rings. The largest absolute Gasteiger partial charge is 0.493 e.